The van der Waals surface area contributed by atoms with Crippen LogP contribution >= 0.6 is 11.3 Å². The van der Waals surface area contributed by atoms with E-state index in [0.29, 0.717) is 0 Å². The van der Waals surface area contributed by atoms with Crippen LogP contribution in [0.1, 0.15) is 38.2 Å². The molecule has 0 saturated heterocycles. The van der Waals surface area contributed by atoms with Gasteiger partial charge in [-0.25, -0.2) is 0 Å². The van der Waals surface area contributed by atoms with E-state index in [-0.39, 0.29) is 0 Å². The Hall–Kier alpha value is -0.300. The first-order valence-corrected chi connectivity index (χ1v) is 4.81. The lowest BCUT2D eigenvalue weighted by atomic mass is 10.00. The van der Waals surface area contributed by atoms with Crippen LogP contribution in [0.25, 0.3) is 0 Å². The fourth-order valence-electron chi connectivity index (χ4n) is 1.16. The van der Waals surface area contributed by atoms with Crippen molar-refractivity contribution in [2.24, 2.45) is 0 Å². The van der Waals surface area contributed by atoms with Gasteiger partial charge in [0.1, 0.15) is 0 Å². The SMILES string of the molecule is CCCC(C)c1ccsc1. The van der Waals surface area contributed by atoms with Crippen molar-refractivity contribution in [1.82, 2.24) is 0 Å². The molecule has 1 heterocycles. The maximum absolute atomic E-state index is 2.30. The fraction of sp³-hybridized carbons (Fsp3) is 0.556. The van der Waals surface area contributed by atoms with Crippen LogP contribution in [0.3, 0.4) is 0 Å². The highest BCUT2D eigenvalue weighted by atomic mass is 32.1. The van der Waals surface area contributed by atoms with Crippen LogP contribution in [0, 0.1) is 0 Å². The van der Waals surface area contributed by atoms with E-state index in [1.54, 1.807) is 11.3 Å². The normalized spacial score (nSPS) is 13.4. The summed E-state index contributed by atoms with van der Waals surface area (Å²) in [6, 6.07) is 2.23. The Morgan fingerprint density at radius 2 is 2.40 bits per heavy atom. The monoisotopic (exact) mass is 154 g/mol. The van der Waals surface area contributed by atoms with Crippen molar-refractivity contribution in [2.45, 2.75) is 32.6 Å². The highest BCUT2D eigenvalue weighted by molar-refractivity contribution is 7.07. The Bertz CT molecular complexity index is 165. The topological polar surface area (TPSA) is 0 Å². The summed E-state index contributed by atoms with van der Waals surface area (Å²) in [5.74, 6) is 0.760. The van der Waals surface area contributed by atoms with E-state index >= 15 is 0 Å². The molecule has 0 bridgehead atoms. The predicted molar refractivity (Wildman–Crippen MR) is 47.6 cm³/mol. The summed E-state index contributed by atoms with van der Waals surface area (Å²) < 4.78 is 0. The third-order valence-electron chi connectivity index (χ3n) is 1.83. The van der Waals surface area contributed by atoms with E-state index < -0.39 is 0 Å². The molecule has 0 aliphatic rings. The van der Waals surface area contributed by atoms with Crippen LogP contribution in [0.2, 0.25) is 0 Å². The van der Waals surface area contributed by atoms with Crippen molar-refractivity contribution in [3.05, 3.63) is 22.4 Å². The van der Waals surface area contributed by atoms with Gasteiger partial charge in [-0.05, 0) is 34.7 Å². The second-order valence-electron chi connectivity index (χ2n) is 2.75. The molecule has 1 unspecified atom stereocenters. The summed E-state index contributed by atoms with van der Waals surface area (Å²) >= 11 is 1.79. The van der Waals surface area contributed by atoms with Crippen molar-refractivity contribution in [3.63, 3.8) is 0 Å². The third-order valence-corrected chi connectivity index (χ3v) is 2.54. The van der Waals surface area contributed by atoms with Crippen molar-refractivity contribution in [2.75, 3.05) is 0 Å². The van der Waals surface area contributed by atoms with Crippen molar-refractivity contribution >= 4 is 11.3 Å². The highest BCUT2D eigenvalue weighted by Crippen LogP contribution is 2.22. The Morgan fingerprint density at radius 3 is 2.90 bits per heavy atom. The smallest absolute Gasteiger partial charge is 0.00585 e. The molecule has 0 amide bonds. The van der Waals surface area contributed by atoms with Crippen molar-refractivity contribution < 1.29 is 0 Å². The Kier molecular flexibility index (Phi) is 2.94. The second kappa shape index (κ2) is 3.77. The summed E-state index contributed by atoms with van der Waals surface area (Å²) in [7, 11) is 0. The van der Waals surface area contributed by atoms with Crippen LogP contribution in [0.15, 0.2) is 16.8 Å². The van der Waals surface area contributed by atoms with Crippen LogP contribution in [0.5, 0.6) is 0 Å². The largest absolute Gasteiger partial charge is 0.152 e. The molecule has 0 N–H and O–H groups in total. The van der Waals surface area contributed by atoms with Gasteiger partial charge in [0, 0.05) is 0 Å². The zero-order valence-corrected chi connectivity index (χ0v) is 7.45. The Balaban J connectivity index is 2.50. The molecule has 0 radical (unpaired) electrons. The maximum atomic E-state index is 2.30. The molecule has 0 spiro atoms. The van der Waals surface area contributed by atoms with Crippen LogP contribution in [-0.2, 0) is 0 Å². The first kappa shape index (κ1) is 7.80. The summed E-state index contributed by atoms with van der Waals surface area (Å²) in [4.78, 5) is 0. The lowest BCUT2D eigenvalue weighted by Crippen LogP contribution is -1.88. The maximum Gasteiger partial charge on any atom is -0.00585 e. The molecule has 0 aliphatic carbocycles. The van der Waals surface area contributed by atoms with E-state index in [1.165, 1.54) is 18.4 Å². The molecular weight excluding hydrogens is 140 g/mol. The lowest BCUT2D eigenvalue weighted by Gasteiger charge is -2.05. The summed E-state index contributed by atoms with van der Waals surface area (Å²) in [6.45, 7) is 4.54. The van der Waals surface area contributed by atoms with Gasteiger partial charge in [0.25, 0.3) is 0 Å². The molecular formula is C9H14S. The van der Waals surface area contributed by atoms with Gasteiger partial charge in [0.15, 0.2) is 0 Å². The van der Waals surface area contributed by atoms with Gasteiger partial charge < -0.3 is 0 Å². The van der Waals surface area contributed by atoms with E-state index in [4.69, 9.17) is 0 Å². The number of hydrogen-bond acceptors (Lipinski definition) is 1. The molecule has 10 heavy (non-hydrogen) atoms. The molecule has 1 heteroatoms. The van der Waals surface area contributed by atoms with Gasteiger partial charge in [-0.3, -0.25) is 0 Å². The minimum absolute atomic E-state index is 0.760. The molecule has 0 aromatic carbocycles. The molecule has 0 aliphatic heterocycles. The first-order chi connectivity index (χ1) is 4.84. The zero-order valence-electron chi connectivity index (χ0n) is 6.63. The lowest BCUT2D eigenvalue weighted by molar-refractivity contribution is 0.667. The van der Waals surface area contributed by atoms with Crippen LogP contribution in [0.4, 0.5) is 0 Å². The second-order valence-corrected chi connectivity index (χ2v) is 3.53. The van der Waals surface area contributed by atoms with Crippen molar-refractivity contribution in [1.29, 1.82) is 0 Å². The quantitative estimate of drug-likeness (QED) is 0.623. The minimum Gasteiger partial charge on any atom is -0.152 e. The van der Waals surface area contributed by atoms with E-state index in [0.717, 1.165) is 5.92 Å². The zero-order chi connectivity index (χ0) is 7.40. The van der Waals surface area contributed by atoms with Crippen LogP contribution < -0.4 is 0 Å². The average molecular weight is 154 g/mol. The Morgan fingerprint density at radius 1 is 1.60 bits per heavy atom. The van der Waals surface area contributed by atoms with Gasteiger partial charge in [-0.15, -0.1) is 0 Å². The molecule has 1 atom stereocenters. The van der Waals surface area contributed by atoms with Gasteiger partial charge in [-0.2, -0.15) is 11.3 Å². The molecule has 1 rings (SSSR count). The molecule has 0 nitrogen and oxygen atoms in total. The molecule has 0 saturated carbocycles. The van der Waals surface area contributed by atoms with E-state index in [9.17, 15) is 0 Å². The van der Waals surface area contributed by atoms with Gasteiger partial charge in [0.2, 0.25) is 0 Å². The average Bonchev–Trinajstić information content (AvgIpc) is 2.38. The highest BCUT2D eigenvalue weighted by Gasteiger charge is 2.02. The van der Waals surface area contributed by atoms with E-state index in [2.05, 4.69) is 30.7 Å². The Labute approximate surface area is 66.9 Å². The summed E-state index contributed by atoms with van der Waals surface area (Å²) in [5, 5.41) is 4.40. The summed E-state index contributed by atoms with van der Waals surface area (Å²) in [6.07, 6.45) is 2.60. The fourth-order valence-corrected chi connectivity index (χ4v) is 1.94. The molecule has 0 fully saturated rings. The van der Waals surface area contributed by atoms with Gasteiger partial charge in [0.05, 0.1) is 0 Å². The number of hydrogen-bond donors (Lipinski definition) is 0. The van der Waals surface area contributed by atoms with Gasteiger partial charge >= 0.3 is 0 Å². The molecule has 1 aromatic rings. The van der Waals surface area contributed by atoms with Crippen molar-refractivity contribution in [3.8, 4) is 0 Å². The summed E-state index contributed by atoms with van der Waals surface area (Å²) in [5.41, 5.74) is 1.51. The number of thiophene rings is 1. The predicted octanol–water partition coefficient (Wildman–Crippen LogP) is 3.65. The standard InChI is InChI=1S/C9H14S/c1-3-4-8(2)9-5-6-10-7-9/h5-8H,3-4H2,1-2H3. The third kappa shape index (κ3) is 1.84. The van der Waals surface area contributed by atoms with Gasteiger partial charge in [-0.1, -0.05) is 20.3 Å². The van der Waals surface area contributed by atoms with E-state index in [1.807, 2.05) is 0 Å². The molecule has 56 valence electrons. The first-order valence-electron chi connectivity index (χ1n) is 3.86. The number of rotatable bonds is 3. The minimum atomic E-state index is 0.760. The molecule has 1 aromatic heterocycles. The van der Waals surface area contributed by atoms with Crippen LogP contribution in [-0.4, -0.2) is 0 Å².